The fourth-order valence-corrected chi connectivity index (χ4v) is 3.62. The van der Waals surface area contributed by atoms with E-state index in [1.54, 1.807) is 0 Å². The molecule has 4 nitrogen and oxygen atoms in total. The molecule has 28 heavy (non-hydrogen) atoms. The van der Waals surface area contributed by atoms with E-state index in [-0.39, 0.29) is 6.61 Å². The van der Waals surface area contributed by atoms with Crippen LogP contribution in [0.3, 0.4) is 0 Å². The average Bonchev–Trinajstić information content (AvgIpc) is 3.51. The van der Waals surface area contributed by atoms with Gasteiger partial charge in [0.25, 0.3) is 0 Å². The Morgan fingerprint density at radius 3 is 2.50 bits per heavy atom. The van der Waals surface area contributed by atoms with Crippen LogP contribution < -0.4 is 5.32 Å². The van der Waals surface area contributed by atoms with Gasteiger partial charge >= 0.3 is 5.97 Å². The van der Waals surface area contributed by atoms with Gasteiger partial charge in [-0.25, -0.2) is 4.79 Å². The minimum Gasteiger partial charge on any atom is -0.467 e. The standard InChI is InChI=1S/C22H25Cl2NO3/c1-22(25-13-15-6-7-15,17-8-10-18(23)11-9-17)21(28-14-20(26)27-2)16-4-3-5-19(24)12-16/h3-5,8-12,15,21,25H,6-7,13-14H2,1-2H3/t21-,22?/m0/s1. The summed E-state index contributed by atoms with van der Waals surface area (Å²) in [5, 5.41) is 4.98. The zero-order valence-electron chi connectivity index (χ0n) is 16.1. The summed E-state index contributed by atoms with van der Waals surface area (Å²) in [5.74, 6) is 0.250. The number of carbonyl (C=O) groups is 1. The van der Waals surface area contributed by atoms with Crippen LogP contribution in [0.25, 0.3) is 0 Å². The molecule has 0 saturated heterocycles. The summed E-state index contributed by atoms with van der Waals surface area (Å²) in [6.45, 7) is 2.81. The highest BCUT2D eigenvalue weighted by Gasteiger charge is 2.39. The van der Waals surface area contributed by atoms with Crippen molar-refractivity contribution >= 4 is 29.2 Å². The van der Waals surface area contributed by atoms with Crippen molar-refractivity contribution in [2.45, 2.75) is 31.4 Å². The summed E-state index contributed by atoms with van der Waals surface area (Å²) in [5.41, 5.74) is 1.32. The van der Waals surface area contributed by atoms with E-state index in [0.29, 0.717) is 16.0 Å². The molecule has 0 amide bonds. The average molecular weight is 422 g/mol. The van der Waals surface area contributed by atoms with Crippen LogP contribution >= 0.6 is 23.2 Å². The van der Waals surface area contributed by atoms with E-state index in [0.717, 1.165) is 17.7 Å². The molecule has 1 aliphatic rings. The van der Waals surface area contributed by atoms with E-state index in [1.807, 2.05) is 48.5 Å². The second-order valence-electron chi connectivity index (χ2n) is 7.36. The Hall–Kier alpha value is -1.59. The Labute approximate surface area is 176 Å². The Morgan fingerprint density at radius 1 is 1.18 bits per heavy atom. The molecule has 2 aromatic rings. The van der Waals surface area contributed by atoms with Crippen molar-refractivity contribution in [3.63, 3.8) is 0 Å². The number of methoxy groups -OCH3 is 1. The number of rotatable bonds is 9. The van der Waals surface area contributed by atoms with Crippen LogP contribution in [0.15, 0.2) is 48.5 Å². The molecule has 0 aromatic heterocycles. The van der Waals surface area contributed by atoms with Crippen molar-refractivity contribution in [2.24, 2.45) is 5.92 Å². The quantitative estimate of drug-likeness (QED) is 0.569. The zero-order valence-corrected chi connectivity index (χ0v) is 17.6. The highest BCUT2D eigenvalue weighted by atomic mass is 35.5. The van der Waals surface area contributed by atoms with Gasteiger partial charge in [0, 0.05) is 10.0 Å². The smallest absolute Gasteiger partial charge is 0.331 e. The first-order valence-corrected chi connectivity index (χ1v) is 10.1. The van der Waals surface area contributed by atoms with Gasteiger partial charge in [0.2, 0.25) is 0 Å². The largest absolute Gasteiger partial charge is 0.467 e. The van der Waals surface area contributed by atoms with Crippen molar-refractivity contribution in [3.05, 3.63) is 69.7 Å². The van der Waals surface area contributed by atoms with Gasteiger partial charge in [-0.15, -0.1) is 0 Å². The molecule has 1 N–H and O–H groups in total. The van der Waals surface area contributed by atoms with Crippen LogP contribution in [0.4, 0.5) is 0 Å². The van der Waals surface area contributed by atoms with Crippen LogP contribution in [0.2, 0.25) is 10.0 Å². The fraction of sp³-hybridized carbons (Fsp3) is 0.409. The maximum atomic E-state index is 11.8. The topological polar surface area (TPSA) is 47.6 Å². The highest BCUT2D eigenvalue weighted by molar-refractivity contribution is 6.30. The highest BCUT2D eigenvalue weighted by Crippen LogP contribution is 2.40. The summed E-state index contributed by atoms with van der Waals surface area (Å²) in [6.07, 6.45) is 2.01. The maximum Gasteiger partial charge on any atom is 0.331 e. The monoisotopic (exact) mass is 421 g/mol. The number of nitrogens with one attached hydrogen (secondary N) is 1. The molecule has 0 aliphatic heterocycles. The predicted molar refractivity (Wildman–Crippen MR) is 112 cm³/mol. The fourth-order valence-electron chi connectivity index (χ4n) is 3.30. The summed E-state index contributed by atoms with van der Waals surface area (Å²) >= 11 is 12.4. The summed E-state index contributed by atoms with van der Waals surface area (Å²) in [4.78, 5) is 11.8. The number of hydrogen-bond acceptors (Lipinski definition) is 4. The normalized spacial score (nSPS) is 17.0. The summed E-state index contributed by atoms with van der Waals surface area (Å²) in [7, 11) is 1.35. The van der Waals surface area contributed by atoms with Gasteiger partial charge in [-0.3, -0.25) is 0 Å². The van der Waals surface area contributed by atoms with Gasteiger partial charge in [-0.05, 0) is 67.6 Å². The number of halogens is 2. The molecule has 1 saturated carbocycles. The molecule has 1 aliphatic carbocycles. The van der Waals surface area contributed by atoms with Crippen LogP contribution in [0.1, 0.15) is 37.0 Å². The number of ether oxygens (including phenoxy) is 2. The molecule has 6 heteroatoms. The zero-order chi connectivity index (χ0) is 20.1. The number of benzene rings is 2. The minimum atomic E-state index is -0.591. The number of carbonyl (C=O) groups excluding carboxylic acids is 1. The number of hydrogen-bond donors (Lipinski definition) is 1. The van der Waals surface area contributed by atoms with E-state index >= 15 is 0 Å². The lowest BCUT2D eigenvalue weighted by atomic mass is 9.82. The van der Waals surface area contributed by atoms with Crippen molar-refractivity contribution in [2.75, 3.05) is 20.3 Å². The Bertz CT molecular complexity index is 808. The van der Waals surface area contributed by atoms with E-state index in [1.165, 1.54) is 20.0 Å². The first-order chi connectivity index (χ1) is 13.4. The lowest BCUT2D eigenvalue weighted by Gasteiger charge is -2.39. The van der Waals surface area contributed by atoms with Gasteiger partial charge in [0.05, 0.1) is 12.6 Å². The third kappa shape index (κ3) is 5.26. The lowest BCUT2D eigenvalue weighted by Crippen LogP contribution is -2.47. The van der Waals surface area contributed by atoms with Crippen LogP contribution in [0.5, 0.6) is 0 Å². The van der Waals surface area contributed by atoms with E-state index in [9.17, 15) is 4.79 Å². The van der Waals surface area contributed by atoms with E-state index in [4.69, 9.17) is 32.7 Å². The molecule has 2 aromatic carbocycles. The van der Waals surface area contributed by atoms with E-state index in [2.05, 4.69) is 12.2 Å². The predicted octanol–water partition coefficient (Wildman–Crippen LogP) is 5.14. The van der Waals surface area contributed by atoms with E-state index < -0.39 is 17.6 Å². The van der Waals surface area contributed by atoms with Crippen molar-refractivity contribution < 1.29 is 14.3 Å². The van der Waals surface area contributed by atoms with Gasteiger partial charge < -0.3 is 14.8 Å². The van der Waals surface area contributed by atoms with Gasteiger partial charge in [-0.2, -0.15) is 0 Å². The summed E-state index contributed by atoms with van der Waals surface area (Å²) < 4.78 is 10.9. The first-order valence-electron chi connectivity index (χ1n) is 9.37. The van der Waals surface area contributed by atoms with Crippen molar-refractivity contribution in [1.29, 1.82) is 0 Å². The molecule has 0 heterocycles. The Morgan fingerprint density at radius 2 is 1.89 bits per heavy atom. The van der Waals surface area contributed by atoms with Crippen LogP contribution in [0, 0.1) is 5.92 Å². The first kappa shape index (κ1) is 21.1. The molecule has 0 bridgehead atoms. The second kappa shape index (κ2) is 9.27. The molecule has 150 valence electrons. The second-order valence-corrected chi connectivity index (χ2v) is 8.23. The van der Waals surface area contributed by atoms with Crippen molar-refractivity contribution in [1.82, 2.24) is 5.32 Å². The SMILES string of the molecule is COC(=O)CO[C@@H](c1cccc(Cl)c1)C(C)(NCC1CC1)c1ccc(Cl)cc1. The Balaban J connectivity index is 2.00. The number of esters is 1. The molecular weight excluding hydrogens is 397 g/mol. The molecular formula is C22H25Cl2NO3. The van der Waals surface area contributed by atoms with Gasteiger partial charge in [0.15, 0.2) is 0 Å². The Kier molecular flexibility index (Phi) is 7.00. The molecule has 1 unspecified atom stereocenters. The molecule has 0 spiro atoms. The summed E-state index contributed by atoms with van der Waals surface area (Å²) in [6, 6.07) is 15.2. The van der Waals surface area contributed by atoms with Gasteiger partial charge in [-0.1, -0.05) is 47.5 Å². The molecule has 3 rings (SSSR count). The third-order valence-corrected chi connectivity index (χ3v) is 5.66. The van der Waals surface area contributed by atoms with Gasteiger partial charge in [0.1, 0.15) is 12.7 Å². The molecule has 0 radical (unpaired) electrons. The molecule has 1 fully saturated rings. The molecule has 2 atom stereocenters. The lowest BCUT2D eigenvalue weighted by molar-refractivity contribution is -0.150. The van der Waals surface area contributed by atoms with Crippen LogP contribution in [-0.2, 0) is 19.8 Å². The third-order valence-electron chi connectivity index (χ3n) is 5.17. The minimum absolute atomic E-state index is 0.151. The maximum absolute atomic E-state index is 11.8. The van der Waals surface area contributed by atoms with Crippen molar-refractivity contribution in [3.8, 4) is 0 Å². The van der Waals surface area contributed by atoms with Crippen LogP contribution in [-0.4, -0.2) is 26.2 Å².